The van der Waals surface area contributed by atoms with Crippen LogP contribution in [-0.4, -0.2) is 24.5 Å². The van der Waals surface area contributed by atoms with Gasteiger partial charge in [0.15, 0.2) is 17.7 Å². The molecule has 0 aliphatic heterocycles. The highest BCUT2D eigenvalue weighted by molar-refractivity contribution is 5.84. The molecule has 0 aromatic heterocycles. The summed E-state index contributed by atoms with van der Waals surface area (Å²) in [6.45, 7) is 1.43. The van der Waals surface area contributed by atoms with E-state index in [4.69, 9.17) is 9.47 Å². The Morgan fingerprint density at radius 1 is 1.04 bits per heavy atom. The number of hydrogen-bond donors (Lipinski definition) is 2. The molecule has 0 saturated heterocycles. The summed E-state index contributed by atoms with van der Waals surface area (Å²) >= 11 is 0. The van der Waals surface area contributed by atoms with Crippen LogP contribution in [0.15, 0.2) is 48.5 Å². The van der Waals surface area contributed by atoms with Gasteiger partial charge in [-0.1, -0.05) is 12.1 Å². The monoisotopic (exact) mass is 364 g/mol. The van der Waals surface area contributed by atoms with Crippen molar-refractivity contribution < 1.29 is 27.8 Å². The number of ether oxygens (including phenoxy) is 2. The molecule has 0 aliphatic rings. The third-order valence-electron chi connectivity index (χ3n) is 3.24. The third kappa shape index (κ3) is 6.04. The average Bonchev–Trinajstić information content (AvgIpc) is 2.63. The lowest BCUT2D eigenvalue weighted by Gasteiger charge is -2.15. The van der Waals surface area contributed by atoms with E-state index >= 15 is 0 Å². The molecule has 0 heterocycles. The number of carbonyl (C=O) groups is 2. The molecule has 138 valence electrons. The minimum absolute atomic E-state index is 0.0469. The van der Waals surface area contributed by atoms with Crippen LogP contribution in [0.4, 0.5) is 8.78 Å². The van der Waals surface area contributed by atoms with E-state index in [0.29, 0.717) is 5.75 Å². The van der Waals surface area contributed by atoms with Crippen LogP contribution in [-0.2, 0) is 9.59 Å². The minimum atomic E-state index is -0.907. The molecule has 0 bridgehead atoms. The second-order valence-electron chi connectivity index (χ2n) is 5.28. The lowest BCUT2D eigenvalue weighted by Crippen LogP contribution is -2.47. The van der Waals surface area contributed by atoms with Crippen molar-refractivity contribution in [1.29, 1.82) is 0 Å². The smallest absolute Gasteiger partial charge is 0.279 e. The number of carbonyl (C=O) groups excluding carboxylic acids is 2. The van der Waals surface area contributed by atoms with Crippen LogP contribution in [0.1, 0.15) is 13.3 Å². The zero-order valence-electron chi connectivity index (χ0n) is 14.0. The highest BCUT2D eigenvalue weighted by Crippen LogP contribution is 2.15. The molecular formula is C18H18F2N2O4. The van der Waals surface area contributed by atoms with Crippen LogP contribution in [0.5, 0.6) is 11.5 Å². The summed E-state index contributed by atoms with van der Waals surface area (Å²) in [5, 5.41) is 0. The molecule has 2 aromatic rings. The molecule has 26 heavy (non-hydrogen) atoms. The van der Waals surface area contributed by atoms with E-state index in [0.717, 1.165) is 0 Å². The van der Waals surface area contributed by atoms with Crippen molar-refractivity contribution in [2.24, 2.45) is 0 Å². The van der Waals surface area contributed by atoms with Crippen LogP contribution in [0, 0.1) is 11.6 Å². The second kappa shape index (κ2) is 9.36. The van der Waals surface area contributed by atoms with Crippen molar-refractivity contribution in [1.82, 2.24) is 10.9 Å². The standard InChI is InChI=1S/C18H18F2N2O4/c1-12(26-14-8-6-13(19)7-9-14)18(24)22-21-17(23)10-11-25-16-5-3-2-4-15(16)20/h2-9,12H,10-11H2,1H3,(H,21,23)(H,22,24). The van der Waals surface area contributed by atoms with Crippen molar-refractivity contribution in [3.8, 4) is 11.5 Å². The van der Waals surface area contributed by atoms with Gasteiger partial charge in [0.25, 0.3) is 5.91 Å². The number of benzene rings is 2. The zero-order chi connectivity index (χ0) is 18.9. The van der Waals surface area contributed by atoms with Gasteiger partial charge in [0.2, 0.25) is 5.91 Å². The Labute approximate surface area is 149 Å². The Morgan fingerprint density at radius 3 is 2.42 bits per heavy atom. The summed E-state index contributed by atoms with van der Waals surface area (Å²) in [5.41, 5.74) is 4.41. The fraction of sp³-hybridized carbons (Fsp3) is 0.222. The van der Waals surface area contributed by atoms with Crippen molar-refractivity contribution in [3.63, 3.8) is 0 Å². The van der Waals surface area contributed by atoms with Crippen LogP contribution in [0.2, 0.25) is 0 Å². The highest BCUT2D eigenvalue weighted by atomic mass is 19.1. The molecular weight excluding hydrogens is 346 g/mol. The number of amides is 2. The summed E-state index contributed by atoms with van der Waals surface area (Å²) in [4.78, 5) is 23.5. The molecule has 8 heteroatoms. The second-order valence-corrected chi connectivity index (χ2v) is 5.28. The first kappa shape index (κ1) is 19.2. The lowest BCUT2D eigenvalue weighted by atomic mass is 10.3. The van der Waals surface area contributed by atoms with E-state index in [2.05, 4.69) is 10.9 Å². The molecule has 0 saturated carbocycles. The fourth-order valence-electron chi connectivity index (χ4n) is 1.88. The van der Waals surface area contributed by atoms with Gasteiger partial charge in [0.05, 0.1) is 13.0 Å². The molecule has 2 aromatic carbocycles. The van der Waals surface area contributed by atoms with E-state index in [1.165, 1.54) is 49.4 Å². The van der Waals surface area contributed by atoms with E-state index in [-0.39, 0.29) is 18.8 Å². The minimum Gasteiger partial charge on any atom is -0.490 e. The number of para-hydroxylation sites is 1. The topological polar surface area (TPSA) is 76.7 Å². The van der Waals surface area contributed by atoms with Gasteiger partial charge in [-0.15, -0.1) is 0 Å². The van der Waals surface area contributed by atoms with E-state index in [1.54, 1.807) is 6.07 Å². The molecule has 1 unspecified atom stereocenters. The molecule has 0 fully saturated rings. The summed E-state index contributed by atoms with van der Waals surface area (Å²) in [7, 11) is 0. The van der Waals surface area contributed by atoms with E-state index < -0.39 is 29.6 Å². The number of rotatable bonds is 7. The number of hydrogen-bond acceptors (Lipinski definition) is 4. The highest BCUT2D eigenvalue weighted by Gasteiger charge is 2.15. The summed E-state index contributed by atoms with van der Waals surface area (Å²) in [6, 6.07) is 11.0. The number of hydrazine groups is 1. The van der Waals surface area contributed by atoms with Crippen molar-refractivity contribution >= 4 is 11.8 Å². The first-order chi connectivity index (χ1) is 12.5. The van der Waals surface area contributed by atoms with Gasteiger partial charge in [-0.2, -0.15) is 0 Å². The van der Waals surface area contributed by atoms with Crippen molar-refractivity contribution in [2.45, 2.75) is 19.4 Å². The predicted octanol–water partition coefficient (Wildman–Crippen LogP) is 2.35. The maximum absolute atomic E-state index is 13.3. The van der Waals surface area contributed by atoms with Gasteiger partial charge in [-0.25, -0.2) is 8.78 Å². The number of nitrogens with one attached hydrogen (secondary N) is 2. The van der Waals surface area contributed by atoms with Crippen molar-refractivity contribution in [3.05, 3.63) is 60.2 Å². The van der Waals surface area contributed by atoms with Crippen LogP contribution in [0.25, 0.3) is 0 Å². The van der Waals surface area contributed by atoms with Gasteiger partial charge >= 0.3 is 0 Å². The molecule has 6 nitrogen and oxygen atoms in total. The molecule has 2 rings (SSSR count). The van der Waals surface area contributed by atoms with Gasteiger partial charge < -0.3 is 9.47 Å². The normalized spacial score (nSPS) is 11.3. The maximum atomic E-state index is 13.3. The maximum Gasteiger partial charge on any atom is 0.279 e. The first-order valence-corrected chi connectivity index (χ1v) is 7.84. The molecule has 1 atom stereocenters. The van der Waals surface area contributed by atoms with Gasteiger partial charge in [0, 0.05) is 0 Å². The van der Waals surface area contributed by atoms with Crippen LogP contribution < -0.4 is 20.3 Å². The van der Waals surface area contributed by atoms with Gasteiger partial charge in [-0.3, -0.25) is 20.4 Å². The number of halogens is 2. The van der Waals surface area contributed by atoms with Crippen LogP contribution >= 0.6 is 0 Å². The molecule has 2 amide bonds. The van der Waals surface area contributed by atoms with Gasteiger partial charge in [0.1, 0.15) is 11.6 Å². The zero-order valence-corrected chi connectivity index (χ0v) is 14.0. The first-order valence-electron chi connectivity index (χ1n) is 7.84. The van der Waals surface area contributed by atoms with E-state index in [9.17, 15) is 18.4 Å². The SMILES string of the molecule is CC(Oc1ccc(F)cc1)C(=O)NNC(=O)CCOc1ccccc1F. The molecule has 0 radical (unpaired) electrons. The fourth-order valence-corrected chi connectivity index (χ4v) is 1.88. The Balaban J connectivity index is 1.68. The quantitative estimate of drug-likeness (QED) is 0.740. The molecule has 2 N–H and O–H groups in total. The van der Waals surface area contributed by atoms with Gasteiger partial charge in [-0.05, 0) is 43.3 Å². The largest absolute Gasteiger partial charge is 0.490 e. The van der Waals surface area contributed by atoms with Crippen LogP contribution in [0.3, 0.4) is 0 Å². The third-order valence-corrected chi connectivity index (χ3v) is 3.24. The van der Waals surface area contributed by atoms with Crippen molar-refractivity contribution in [2.75, 3.05) is 6.61 Å². The van der Waals surface area contributed by atoms with E-state index in [1.807, 2.05) is 0 Å². The lowest BCUT2D eigenvalue weighted by molar-refractivity contribution is -0.132. The Morgan fingerprint density at radius 2 is 1.73 bits per heavy atom. The molecule has 0 spiro atoms. The summed E-state index contributed by atoms with van der Waals surface area (Å²) in [5.74, 6) is -1.67. The predicted molar refractivity (Wildman–Crippen MR) is 89.3 cm³/mol. The average molecular weight is 364 g/mol. The molecule has 0 aliphatic carbocycles. The summed E-state index contributed by atoms with van der Waals surface area (Å²) < 4.78 is 36.6. The Hall–Kier alpha value is -3.16. The Bertz CT molecular complexity index is 753. The Kier molecular flexibility index (Phi) is 6.90. The summed E-state index contributed by atoms with van der Waals surface area (Å²) in [6.07, 6.45) is -0.989.